The van der Waals surface area contributed by atoms with Gasteiger partial charge in [0.05, 0.1) is 11.0 Å². The Bertz CT molecular complexity index is 1200. The second-order valence-electron chi connectivity index (χ2n) is 8.12. The van der Waals surface area contributed by atoms with Crippen molar-refractivity contribution in [1.82, 2.24) is 0 Å². The van der Waals surface area contributed by atoms with Crippen molar-refractivity contribution in [2.24, 2.45) is 5.92 Å². The molecule has 0 saturated heterocycles. The van der Waals surface area contributed by atoms with Crippen LogP contribution in [0.1, 0.15) is 42.2 Å². The Morgan fingerprint density at radius 3 is 2.42 bits per heavy atom. The Labute approximate surface area is 209 Å². The Morgan fingerprint density at radius 1 is 1.09 bits per heavy atom. The molecule has 0 aliphatic carbocycles. The van der Waals surface area contributed by atoms with E-state index in [9.17, 15) is 14.9 Å². The van der Waals surface area contributed by atoms with Crippen LogP contribution in [-0.2, 0) is 0 Å². The topological polar surface area (TPSA) is 75.5 Å². The summed E-state index contributed by atoms with van der Waals surface area (Å²) in [6.45, 7) is 4.24. The monoisotopic (exact) mass is 571 g/mol. The number of benzene rings is 3. The highest BCUT2D eigenvalue weighted by Crippen LogP contribution is 2.44. The average Bonchev–Trinajstić information content (AvgIpc) is 2.81. The van der Waals surface area contributed by atoms with Crippen molar-refractivity contribution in [3.8, 4) is 0 Å². The number of non-ortho nitro benzene ring substituents is 1. The Morgan fingerprint density at radius 2 is 1.79 bits per heavy atom. The van der Waals surface area contributed by atoms with Crippen molar-refractivity contribution in [2.75, 3.05) is 10.2 Å². The van der Waals surface area contributed by atoms with Crippen LogP contribution in [0.4, 0.5) is 17.1 Å². The SMILES string of the molecule is CCC1C(C)C(Nc2ccc(Br)cc2Br)c2ccccc2N1C(=O)c1ccc([N+](=O)[O-])cc1. The Kier molecular flexibility index (Phi) is 6.86. The number of nitro groups is 1. The molecule has 1 amide bonds. The van der Waals surface area contributed by atoms with Gasteiger partial charge in [-0.25, -0.2) is 0 Å². The van der Waals surface area contributed by atoms with Gasteiger partial charge in [0.1, 0.15) is 0 Å². The summed E-state index contributed by atoms with van der Waals surface area (Å²) in [6, 6.07) is 19.7. The Balaban J connectivity index is 1.74. The van der Waals surface area contributed by atoms with E-state index in [4.69, 9.17) is 0 Å². The maximum atomic E-state index is 13.6. The van der Waals surface area contributed by atoms with Crippen LogP contribution in [0, 0.1) is 16.0 Å². The van der Waals surface area contributed by atoms with Crippen LogP contribution in [0.5, 0.6) is 0 Å². The fraction of sp³-hybridized carbons (Fsp3) is 0.240. The molecule has 8 heteroatoms. The third-order valence-corrected chi connectivity index (χ3v) is 7.35. The molecule has 0 aromatic heterocycles. The molecule has 33 heavy (non-hydrogen) atoms. The smallest absolute Gasteiger partial charge is 0.269 e. The molecule has 1 heterocycles. The highest BCUT2D eigenvalue weighted by atomic mass is 79.9. The number of hydrogen-bond donors (Lipinski definition) is 1. The molecular weight excluding hydrogens is 550 g/mol. The quantitative estimate of drug-likeness (QED) is 0.256. The zero-order valence-corrected chi connectivity index (χ0v) is 21.3. The van der Waals surface area contributed by atoms with Crippen molar-refractivity contribution in [1.29, 1.82) is 0 Å². The highest BCUT2D eigenvalue weighted by molar-refractivity contribution is 9.11. The molecule has 0 radical (unpaired) electrons. The first-order chi connectivity index (χ1) is 15.8. The number of halogens is 2. The van der Waals surface area contributed by atoms with E-state index < -0.39 is 4.92 Å². The maximum Gasteiger partial charge on any atom is 0.269 e. The minimum atomic E-state index is -0.460. The number of anilines is 2. The summed E-state index contributed by atoms with van der Waals surface area (Å²) in [5.41, 5.74) is 3.28. The molecule has 1 N–H and O–H groups in total. The molecule has 0 bridgehead atoms. The predicted molar refractivity (Wildman–Crippen MR) is 138 cm³/mol. The highest BCUT2D eigenvalue weighted by Gasteiger charge is 2.40. The first kappa shape index (κ1) is 23.4. The van der Waals surface area contributed by atoms with Gasteiger partial charge in [0, 0.05) is 50.0 Å². The number of carbonyl (C=O) groups is 1. The lowest BCUT2D eigenvalue weighted by atomic mass is 9.80. The minimum absolute atomic E-state index is 0.00420. The molecule has 0 fully saturated rings. The van der Waals surface area contributed by atoms with Gasteiger partial charge >= 0.3 is 0 Å². The zero-order valence-electron chi connectivity index (χ0n) is 18.2. The fourth-order valence-corrected chi connectivity index (χ4v) is 5.71. The molecule has 0 spiro atoms. The number of nitro benzene ring substituents is 1. The molecule has 4 rings (SSSR count). The molecule has 170 valence electrons. The van der Waals surface area contributed by atoms with Gasteiger partial charge in [-0.3, -0.25) is 14.9 Å². The summed E-state index contributed by atoms with van der Waals surface area (Å²) in [5, 5.41) is 14.7. The lowest BCUT2D eigenvalue weighted by molar-refractivity contribution is -0.384. The second-order valence-corrected chi connectivity index (χ2v) is 9.89. The molecule has 3 atom stereocenters. The standard InChI is InChI=1S/C25H23Br2N3O3/c1-3-22-15(2)24(28-21-13-10-17(26)14-20(21)27)19-6-4-5-7-23(19)29(22)25(31)16-8-11-18(12-9-16)30(32)33/h4-15,22,24,28H,3H2,1-2H3. The van der Waals surface area contributed by atoms with Crippen LogP contribution in [0.15, 0.2) is 75.7 Å². The van der Waals surface area contributed by atoms with E-state index in [0.717, 1.165) is 32.3 Å². The van der Waals surface area contributed by atoms with Crippen LogP contribution in [-0.4, -0.2) is 16.9 Å². The Hall–Kier alpha value is -2.71. The van der Waals surface area contributed by atoms with Crippen molar-refractivity contribution < 1.29 is 9.72 Å². The zero-order chi connectivity index (χ0) is 23.7. The van der Waals surface area contributed by atoms with E-state index in [2.05, 4.69) is 57.1 Å². The molecule has 1 aliphatic rings. The summed E-state index contributed by atoms with van der Waals surface area (Å²) >= 11 is 7.14. The van der Waals surface area contributed by atoms with E-state index in [1.165, 1.54) is 24.3 Å². The summed E-state index contributed by atoms with van der Waals surface area (Å²) in [5.74, 6) is -0.0400. The van der Waals surface area contributed by atoms with Crippen molar-refractivity contribution in [2.45, 2.75) is 32.4 Å². The van der Waals surface area contributed by atoms with Gasteiger partial charge in [0.2, 0.25) is 0 Å². The van der Waals surface area contributed by atoms with E-state index in [0.29, 0.717) is 5.56 Å². The molecule has 3 unspecified atom stereocenters. The van der Waals surface area contributed by atoms with Gasteiger partial charge < -0.3 is 10.2 Å². The molecule has 3 aromatic carbocycles. The normalized spacial score (nSPS) is 19.6. The number of hydrogen-bond acceptors (Lipinski definition) is 4. The van der Waals surface area contributed by atoms with Crippen LogP contribution in [0.3, 0.4) is 0 Å². The average molecular weight is 573 g/mol. The molecule has 6 nitrogen and oxygen atoms in total. The maximum absolute atomic E-state index is 13.6. The van der Waals surface area contributed by atoms with Crippen molar-refractivity contribution >= 4 is 54.8 Å². The number of nitrogens with one attached hydrogen (secondary N) is 1. The van der Waals surface area contributed by atoms with E-state index >= 15 is 0 Å². The van der Waals surface area contributed by atoms with Gasteiger partial charge in [0.15, 0.2) is 0 Å². The largest absolute Gasteiger partial charge is 0.377 e. The first-order valence-electron chi connectivity index (χ1n) is 10.7. The predicted octanol–water partition coefficient (Wildman–Crippen LogP) is 7.35. The lowest BCUT2D eigenvalue weighted by Gasteiger charge is -2.45. The number of carbonyl (C=O) groups excluding carboxylic acids is 1. The van der Waals surface area contributed by atoms with Gasteiger partial charge in [-0.15, -0.1) is 0 Å². The first-order valence-corrected chi connectivity index (χ1v) is 12.3. The van der Waals surface area contributed by atoms with Crippen LogP contribution in [0.2, 0.25) is 0 Å². The number of fused-ring (bicyclic) bond motifs is 1. The van der Waals surface area contributed by atoms with Gasteiger partial charge in [-0.1, -0.05) is 48.0 Å². The van der Waals surface area contributed by atoms with E-state index in [1.807, 2.05) is 41.3 Å². The van der Waals surface area contributed by atoms with Crippen molar-refractivity contribution in [3.05, 3.63) is 96.9 Å². The van der Waals surface area contributed by atoms with Gasteiger partial charge in [-0.2, -0.15) is 0 Å². The van der Waals surface area contributed by atoms with Crippen molar-refractivity contribution in [3.63, 3.8) is 0 Å². The lowest BCUT2D eigenvalue weighted by Crippen LogP contribution is -2.50. The third kappa shape index (κ3) is 4.54. The number of para-hydroxylation sites is 1. The number of nitrogens with zero attached hydrogens (tertiary/aromatic N) is 2. The summed E-state index contributed by atoms with van der Waals surface area (Å²) in [6.07, 6.45) is 0.772. The third-order valence-electron chi connectivity index (χ3n) is 6.20. The van der Waals surface area contributed by atoms with Gasteiger partial charge in [-0.05, 0) is 64.3 Å². The van der Waals surface area contributed by atoms with E-state index in [-0.39, 0.29) is 29.6 Å². The molecule has 1 aliphatic heterocycles. The van der Waals surface area contributed by atoms with Crippen LogP contribution < -0.4 is 10.2 Å². The summed E-state index contributed by atoms with van der Waals surface area (Å²) in [4.78, 5) is 26.0. The fourth-order valence-electron chi connectivity index (χ4n) is 4.55. The van der Waals surface area contributed by atoms with Crippen LogP contribution in [0.25, 0.3) is 0 Å². The number of rotatable bonds is 5. The molecular formula is C25H23Br2N3O3. The van der Waals surface area contributed by atoms with E-state index in [1.54, 1.807) is 0 Å². The van der Waals surface area contributed by atoms with Gasteiger partial charge in [0.25, 0.3) is 11.6 Å². The molecule has 0 saturated carbocycles. The number of amides is 1. The van der Waals surface area contributed by atoms with Crippen LogP contribution >= 0.6 is 31.9 Å². The molecule has 3 aromatic rings. The second kappa shape index (κ2) is 9.65. The summed E-state index contributed by atoms with van der Waals surface area (Å²) < 4.78 is 1.95. The summed E-state index contributed by atoms with van der Waals surface area (Å²) in [7, 11) is 0. The minimum Gasteiger partial charge on any atom is -0.377 e.